The van der Waals surface area contributed by atoms with Crippen molar-refractivity contribution in [2.75, 3.05) is 25.7 Å². The molecule has 21 heavy (non-hydrogen) atoms. The molecule has 2 saturated carbocycles. The van der Waals surface area contributed by atoms with E-state index in [9.17, 15) is 5.11 Å². The molecular formula is C15H26N4O2. The predicted molar refractivity (Wildman–Crippen MR) is 80.2 cm³/mol. The molecule has 2 aliphatic rings. The van der Waals surface area contributed by atoms with Crippen molar-refractivity contribution in [1.29, 1.82) is 0 Å². The summed E-state index contributed by atoms with van der Waals surface area (Å²) in [6, 6.07) is 0.607. The molecule has 1 N–H and O–H groups in total. The van der Waals surface area contributed by atoms with Crippen molar-refractivity contribution in [2.24, 2.45) is 11.8 Å². The monoisotopic (exact) mass is 294 g/mol. The summed E-state index contributed by atoms with van der Waals surface area (Å²) in [5, 5.41) is 18.7. The molecular weight excluding hydrogens is 268 g/mol. The van der Waals surface area contributed by atoms with Gasteiger partial charge in [-0.1, -0.05) is 13.3 Å². The van der Waals surface area contributed by atoms with Gasteiger partial charge in [-0.25, -0.2) is 0 Å². The molecule has 0 saturated heterocycles. The third-order valence-electron chi connectivity index (χ3n) is 5.09. The standard InChI is InChI=1S/C15H26N4O2/c1-4-12(20)14-16-17-15(19(14)8-9-21-3)18(2)13-10-6-5-7-11(10)13/h10-13,20H,4-9H2,1-3H3/t10?,11?,12-,13?/m1/s1. The van der Waals surface area contributed by atoms with Gasteiger partial charge in [0.2, 0.25) is 5.95 Å². The Balaban J connectivity index is 1.81. The largest absolute Gasteiger partial charge is 0.385 e. The number of fused-ring (bicyclic) bond motifs is 1. The van der Waals surface area contributed by atoms with Gasteiger partial charge in [-0.3, -0.25) is 4.57 Å². The molecule has 2 fully saturated rings. The number of methoxy groups -OCH3 is 1. The topological polar surface area (TPSA) is 63.4 Å². The Hall–Kier alpha value is -1.14. The number of hydrogen-bond acceptors (Lipinski definition) is 5. The van der Waals surface area contributed by atoms with Crippen LogP contribution in [0.5, 0.6) is 0 Å². The highest BCUT2D eigenvalue weighted by Gasteiger charge is 2.55. The SMILES string of the molecule is CC[C@@H](O)c1nnc(N(C)C2C3CCCC32)n1CCOC. The first-order valence-electron chi connectivity index (χ1n) is 8.02. The minimum atomic E-state index is -0.560. The number of rotatable bonds is 7. The van der Waals surface area contributed by atoms with E-state index in [-0.39, 0.29) is 0 Å². The Morgan fingerprint density at radius 2 is 2.10 bits per heavy atom. The summed E-state index contributed by atoms with van der Waals surface area (Å²) in [5.74, 6) is 3.19. The summed E-state index contributed by atoms with van der Waals surface area (Å²) < 4.78 is 7.21. The zero-order chi connectivity index (χ0) is 15.0. The number of hydrogen-bond donors (Lipinski definition) is 1. The van der Waals surface area contributed by atoms with E-state index in [0.717, 1.165) is 17.8 Å². The van der Waals surface area contributed by atoms with Gasteiger partial charge in [-0.05, 0) is 31.1 Å². The molecule has 0 spiro atoms. The average Bonchev–Trinajstić information content (AvgIpc) is 2.87. The smallest absolute Gasteiger partial charge is 0.227 e. The lowest BCUT2D eigenvalue weighted by molar-refractivity contribution is 0.149. The summed E-state index contributed by atoms with van der Waals surface area (Å²) in [6.45, 7) is 3.23. The molecule has 0 radical (unpaired) electrons. The minimum absolute atomic E-state index is 0.560. The van der Waals surface area contributed by atoms with Gasteiger partial charge in [0.05, 0.1) is 13.2 Å². The molecule has 1 aromatic heterocycles. The van der Waals surface area contributed by atoms with Gasteiger partial charge < -0.3 is 14.7 Å². The fraction of sp³-hybridized carbons (Fsp3) is 0.867. The van der Waals surface area contributed by atoms with Crippen LogP contribution in [0.1, 0.15) is 44.5 Å². The Labute approximate surface area is 126 Å². The third-order valence-corrected chi connectivity index (χ3v) is 5.09. The van der Waals surface area contributed by atoms with E-state index in [0.29, 0.717) is 31.4 Å². The lowest BCUT2D eigenvalue weighted by Gasteiger charge is -2.22. The second-order valence-corrected chi connectivity index (χ2v) is 6.29. The van der Waals surface area contributed by atoms with Crippen molar-refractivity contribution in [3.8, 4) is 0 Å². The van der Waals surface area contributed by atoms with Crippen LogP contribution in [0.4, 0.5) is 5.95 Å². The lowest BCUT2D eigenvalue weighted by Crippen LogP contribution is -2.28. The maximum absolute atomic E-state index is 10.1. The summed E-state index contributed by atoms with van der Waals surface area (Å²) in [6.07, 6.45) is 4.14. The van der Waals surface area contributed by atoms with Gasteiger partial charge >= 0.3 is 0 Å². The summed E-state index contributed by atoms with van der Waals surface area (Å²) in [7, 11) is 3.80. The van der Waals surface area contributed by atoms with Gasteiger partial charge in [0, 0.05) is 20.2 Å². The Morgan fingerprint density at radius 3 is 2.71 bits per heavy atom. The normalized spacial score (nSPS) is 28.5. The van der Waals surface area contributed by atoms with Crippen molar-refractivity contribution in [2.45, 2.75) is 51.3 Å². The van der Waals surface area contributed by atoms with E-state index < -0.39 is 6.10 Å². The van der Waals surface area contributed by atoms with Crippen molar-refractivity contribution < 1.29 is 9.84 Å². The first-order chi connectivity index (χ1) is 10.2. The van der Waals surface area contributed by atoms with E-state index in [1.54, 1.807) is 7.11 Å². The predicted octanol–water partition coefficient (Wildman–Crippen LogP) is 1.60. The number of aliphatic hydroxyl groups excluding tert-OH is 1. The van der Waals surface area contributed by atoms with Gasteiger partial charge in [-0.15, -0.1) is 10.2 Å². The van der Waals surface area contributed by atoms with Crippen LogP contribution < -0.4 is 4.90 Å². The zero-order valence-electron chi connectivity index (χ0n) is 13.2. The van der Waals surface area contributed by atoms with E-state index >= 15 is 0 Å². The number of aromatic nitrogens is 3. The van der Waals surface area contributed by atoms with Gasteiger partial charge in [0.25, 0.3) is 0 Å². The second kappa shape index (κ2) is 5.93. The fourth-order valence-electron chi connectivity index (χ4n) is 3.89. The maximum Gasteiger partial charge on any atom is 0.227 e. The molecule has 2 aliphatic carbocycles. The van der Waals surface area contributed by atoms with E-state index in [1.807, 2.05) is 11.5 Å². The average molecular weight is 294 g/mol. The molecule has 0 bridgehead atoms. The maximum atomic E-state index is 10.1. The minimum Gasteiger partial charge on any atom is -0.385 e. The summed E-state index contributed by atoms with van der Waals surface area (Å²) in [5.41, 5.74) is 0. The lowest BCUT2D eigenvalue weighted by atomic mass is 10.2. The quantitative estimate of drug-likeness (QED) is 0.827. The van der Waals surface area contributed by atoms with Crippen LogP contribution in [-0.4, -0.2) is 46.7 Å². The zero-order valence-corrected chi connectivity index (χ0v) is 13.2. The summed E-state index contributed by atoms with van der Waals surface area (Å²) in [4.78, 5) is 2.27. The van der Waals surface area contributed by atoms with Crippen LogP contribution in [-0.2, 0) is 11.3 Å². The molecule has 118 valence electrons. The molecule has 1 aromatic rings. The first-order valence-corrected chi connectivity index (χ1v) is 8.02. The third kappa shape index (κ3) is 2.55. The highest BCUT2D eigenvalue weighted by Crippen LogP contribution is 2.55. The highest BCUT2D eigenvalue weighted by molar-refractivity contribution is 5.37. The van der Waals surface area contributed by atoms with Crippen LogP contribution in [0.25, 0.3) is 0 Å². The second-order valence-electron chi connectivity index (χ2n) is 6.29. The van der Waals surface area contributed by atoms with Crippen LogP contribution >= 0.6 is 0 Å². The highest BCUT2D eigenvalue weighted by atomic mass is 16.5. The van der Waals surface area contributed by atoms with E-state index in [4.69, 9.17) is 4.74 Å². The van der Waals surface area contributed by atoms with Crippen LogP contribution in [0.3, 0.4) is 0 Å². The number of nitrogens with zero attached hydrogens (tertiary/aromatic N) is 4. The van der Waals surface area contributed by atoms with Crippen LogP contribution in [0.2, 0.25) is 0 Å². The van der Waals surface area contributed by atoms with Gasteiger partial charge in [0.1, 0.15) is 6.10 Å². The molecule has 0 amide bonds. The van der Waals surface area contributed by atoms with Crippen molar-refractivity contribution in [3.63, 3.8) is 0 Å². The van der Waals surface area contributed by atoms with Gasteiger partial charge in [-0.2, -0.15) is 0 Å². The number of aliphatic hydroxyl groups is 1. The molecule has 0 aromatic carbocycles. The Kier molecular flexibility index (Phi) is 4.17. The molecule has 3 rings (SSSR count). The number of ether oxygens (including phenoxy) is 1. The molecule has 2 unspecified atom stereocenters. The Morgan fingerprint density at radius 1 is 1.38 bits per heavy atom. The van der Waals surface area contributed by atoms with E-state index in [2.05, 4.69) is 22.1 Å². The van der Waals surface area contributed by atoms with Crippen molar-refractivity contribution >= 4 is 5.95 Å². The van der Waals surface area contributed by atoms with Crippen LogP contribution in [0, 0.1) is 11.8 Å². The van der Waals surface area contributed by atoms with E-state index in [1.165, 1.54) is 19.3 Å². The molecule has 3 atom stereocenters. The molecule has 6 nitrogen and oxygen atoms in total. The number of anilines is 1. The summed E-state index contributed by atoms with van der Waals surface area (Å²) >= 11 is 0. The fourth-order valence-corrected chi connectivity index (χ4v) is 3.89. The molecule has 0 aliphatic heterocycles. The van der Waals surface area contributed by atoms with Crippen molar-refractivity contribution in [3.05, 3.63) is 5.82 Å². The van der Waals surface area contributed by atoms with Crippen LogP contribution in [0.15, 0.2) is 0 Å². The van der Waals surface area contributed by atoms with Crippen molar-refractivity contribution in [1.82, 2.24) is 14.8 Å². The van der Waals surface area contributed by atoms with Gasteiger partial charge in [0.15, 0.2) is 5.82 Å². The molecule has 1 heterocycles. The first kappa shape index (κ1) is 14.8. The molecule has 6 heteroatoms. The Bertz CT molecular complexity index is 480.